The third kappa shape index (κ3) is 7.41. The summed E-state index contributed by atoms with van der Waals surface area (Å²) in [6.45, 7) is 1.65. The van der Waals surface area contributed by atoms with E-state index in [-0.39, 0.29) is 6.61 Å². The van der Waals surface area contributed by atoms with Crippen molar-refractivity contribution in [2.45, 2.75) is 19.3 Å². The van der Waals surface area contributed by atoms with E-state index in [0.29, 0.717) is 6.61 Å². The SMILES string of the molecule is N#CCOCCCCCN. The van der Waals surface area contributed by atoms with Crippen molar-refractivity contribution in [3.63, 3.8) is 0 Å². The van der Waals surface area contributed by atoms with Crippen LogP contribution in [0.2, 0.25) is 0 Å². The van der Waals surface area contributed by atoms with Crippen molar-refractivity contribution in [2.75, 3.05) is 19.8 Å². The van der Waals surface area contributed by atoms with Gasteiger partial charge >= 0.3 is 0 Å². The molecule has 3 heteroatoms. The van der Waals surface area contributed by atoms with Gasteiger partial charge in [0.15, 0.2) is 0 Å². The second-order valence-electron chi connectivity index (χ2n) is 2.06. The van der Waals surface area contributed by atoms with Gasteiger partial charge in [0, 0.05) is 6.61 Å². The van der Waals surface area contributed by atoms with Crippen LogP contribution in [0.15, 0.2) is 0 Å². The maximum absolute atomic E-state index is 8.07. The number of nitrogens with two attached hydrogens (primary N) is 1. The number of hydrogen-bond donors (Lipinski definition) is 1. The zero-order chi connectivity index (χ0) is 7.66. The first-order valence-corrected chi connectivity index (χ1v) is 3.56. The third-order valence-corrected chi connectivity index (χ3v) is 1.16. The lowest BCUT2D eigenvalue weighted by Crippen LogP contribution is -2.00. The molecule has 0 fully saturated rings. The molecule has 58 valence electrons. The molecule has 3 nitrogen and oxygen atoms in total. The molecule has 0 heterocycles. The number of hydrogen-bond acceptors (Lipinski definition) is 3. The zero-order valence-corrected chi connectivity index (χ0v) is 6.18. The van der Waals surface area contributed by atoms with Gasteiger partial charge in [-0.15, -0.1) is 0 Å². The molecule has 0 aromatic carbocycles. The van der Waals surface area contributed by atoms with Gasteiger partial charge in [0.05, 0.1) is 6.07 Å². The third-order valence-electron chi connectivity index (χ3n) is 1.16. The van der Waals surface area contributed by atoms with E-state index >= 15 is 0 Å². The van der Waals surface area contributed by atoms with Crippen molar-refractivity contribution < 1.29 is 4.74 Å². The number of unbranched alkanes of at least 4 members (excludes halogenated alkanes) is 2. The Morgan fingerprint density at radius 2 is 2.10 bits per heavy atom. The average Bonchev–Trinajstić information content (AvgIpc) is 1.97. The molecule has 0 atom stereocenters. The first-order valence-electron chi connectivity index (χ1n) is 3.56. The van der Waals surface area contributed by atoms with E-state index in [0.717, 1.165) is 25.8 Å². The molecule has 0 saturated carbocycles. The molecule has 10 heavy (non-hydrogen) atoms. The zero-order valence-electron chi connectivity index (χ0n) is 6.18. The monoisotopic (exact) mass is 142 g/mol. The highest BCUT2D eigenvalue weighted by Crippen LogP contribution is 1.92. The summed E-state index contributed by atoms with van der Waals surface area (Å²) in [5.74, 6) is 0. The summed E-state index contributed by atoms with van der Waals surface area (Å²) in [5, 5.41) is 8.07. The smallest absolute Gasteiger partial charge is 0.133 e. The summed E-state index contributed by atoms with van der Waals surface area (Å²) in [6.07, 6.45) is 3.16. The van der Waals surface area contributed by atoms with Crippen molar-refractivity contribution in [3.05, 3.63) is 0 Å². The highest BCUT2D eigenvalue weighted by Gasteiger charge is 1.86. The standard InChI is InChI=1S/C7H14N2O/c8-4-2-1-3-6-10-7-5-9/h1-4,6-8H2. The van der Waals surface area contributed by atoms with Crippen LogP contribution >= 0.6 is 0 Å². The van der Waals surface area contributed by atoms with Crippen LogP contribution in [0.4, 0.5) is 0 Å². The lowest BCUT2D eigenvalue weighted by Gasteiger charge is -1.97. The van der Waals surface area contributed by atoms with Crippen molar-refractivity contribution in [3.8, 4) is 6.07 Å². The minimum absolute atomic E-state index is 0.211. The molecule has 0 amide bonds. The summed E-state index contributed by atoms with van der Waals surface area (Å²) < 4.78 is 4.93. The molecule has 0 bridgehead atoms. The predicted molar refractivity (Wildman–Crippen MR) is 39.3 cm³/mol. The van der Waals surface area contributed by atoms with E-state index in [1.807, 2.05) is 6.07 Å². The fourth-order valence-electron chi connectivity index (χ4n) is 0.643. The molecule has 0 aliphatic carbocycles. The summed E-state index contributed by atoms with van der Waals surface area (Å²) in [4.78, 5) is 0. The molecule has 0 aromatic heterocycles. The van der Waals surface area contributed by atoms with Crippen molar-refractivity contribution in [2.24, 2.45) is 5.73 Å². The van der Waals surface area contributed by atoms with Gasteiger partial charge in [0.2, 0.25) is 0 Å². The molecule has 0 radical (unpaired) electrons. The van der Waals surface area contributed by atoms with Crippen LogP contribution in [-0.4, -0.2) is 19.8 Å². The Labute approximate surface area is 61.8 Å². The van der Waals surface area contributed by atoms with Crippen molar-refractivity contribution in [1.82, 2.24) is 0 Å². The van der Waals surface area contributed by atoms with Crippen LogP contribution in [0.25, 0.3) is 0 Å². The Morgan fingerprint density at radius 3 is 2.70 bits per heavy atom. The summed E-state index contributed by atoms with van der Waals surface area (Å²) in [7, 11) is 0. The van der Waals surface area contributed by atoms with E-state index in [9.17, 15) is 0 Å². The van der Waals surface area contributed by atoms with Crippen LogP contribution in [0.3, 0.4) is 0 Å². The number of nitrogens with zero attached hydrogens (tertiary/aromatic N) is 1. The fraction of sp³-hybridized carbons (Fsp3) is 0.857. The van der Waals surface area contributed by atoms with Gasteiger partial charge in [-0.2, -0.15) is 5.26 Å². The van der Waals surface area contributed by atoms with Gasteiger partial charge in [0.1, 0.15) is 6.61 Å². The number of ether oxygens (including phenoxy) is 1. The summed E-state index contributed by atoms with van der Waals surface area (Å²) in [6, 6.07) is 1.91. The fourth-order valence-corrected chi connectivity index (χ4v) is 0.643. The largest absolute Gasteiger partial charge is 0.367 e. The van der Waals surface area contributed by atoms with Gasteiger partial charge in [0.25, 0.3) is 0 Å². The van der Waals surface area contributed by atoms with Crippen LogP contribution in [0.1, 0.15) is 19.3 Å². The van der Waals surface area contributed by atoms with E-state index in [1.165, 1.54) is 0 Å². The highest BCUT2D eigenvalue weighted by molar-refractivity contribution is 4.65. The van der Waals surface area contributed by atoms with E-state index in [2.05, 4.69) is 0 Å². The number of nitriles is 1. The van der Waals surface area contributed by atoms with Crippen LogP contribution in [0, 0.1) is 11.3 Å². The molecule has 0 aliphatic rings. The van der Waals surface area contributed by atoms with Gasteiger partial charge in [-0.1, -0.05) is 0 Å². The molecular formula is C7H14N2O. The second-order valence-corrected chi connectivity index (χ2v) is 2.06. The molecule has 0 spiro atoms. The second kappa shape index (κ2) is 8.41. The maximum Gasteiger partial charge on any atom is 0.133 e. The Morgan fingerprint density at radius 1 is 1.30 bits per heavy atom. The average molecular weight is 142 g/mol. The van der Waals surface area contributed by atoms with Gasteiger partial charge < -0.3 is 10.5 Å². The normalized spacial score (nSPS) is 9.20. The lowest BCUT2D eigenvalue weighted by atomic mass is 10.2. The first kappa shape index (κ1) is 9.41. The Kier molecular flexibility index (Phi) is 7.91. The molecule has 0 saturated heterocycles. The summed E-state index contributed by atoms with van der Waals surface area (Å²) >= 11 is 0. The lowest BCUT2D eigenvalue weighted by molar-refractivity contribution is 0.161. The Hall–Kier alpha value is -0.590. The molecule has 0 unspecified atom stereocenters. The molecular weight excluding hydrogens is 128 g/mol. The molecule has 0 aliphatic heterocycles. The van der Waals surface area contributed by atoms with Gasteiger partial charge in [-0.05, 0) is 25.8 Å². The van der Waals surface area contributed by atoms with E-state index < -0.39 is 0 Å². The summed E-state index contributed by atoms with van der Waals surface area (Å²) in [5.41, 5.74) is 5.28. The van der Waals surface area contributed by atoms with Crippen molar-refractivity contribution in [1.29, 1.82) is 5.26 Å². The highest BCUT2D eigenvalue weighted by atomic mass is 16.5. The molecule has 0 aromatic rings. The van der Waals surface area contributed by atoms with Gasteiger partial charge in [-0.25, -0.2) is 0 Å². The van der Waals surface area contributed by atoms with Crippen LogP contribution in [-0.2, 0) is 4.74 Å². The van der Waals surface area contributed by atoms with Gasteiger partial charge in [-0.3, -0.25) is 0 Å². The van der Waals surface area contributed by atoms with E-state index in [4.69, 9.17) is 15.7 Å². The minimum Gasteiger partial charge on any atom is -0.367 e. The van der Waals surface area contributed by atoms with Crippen LogP contribution < -0.4 is 5.73 Å². The minimum atomic E-state index is 0.211. The quantitative estimate of drug-likeness (QED) is 0.554. The van der Waals surface area contributed by atoms with E-state index in [1.54, 1.807) is 0 Å². The topological polar surface area (TPSA) is 59.0 Å². The number of rotatable bonds is 6. The predicted octanol–water partition coefficient (Wildman–Crippen LogP) is 0.656. The first-order chi connectivity index (χ1) is 4.91. The van der Waals surface area contributed by atoms with Crippen molar-refractivity contribution >= 4 is 0 Å². The molecule has 0 rings (SSSR count). The Bertz CT molecular complexity index is 98.3. The Balaban J connectivity index is 2.72. The maximum atomic E-state index is 8.07. The molecule has 2 N–H and O–H groups in total. The van der Waals surface area contributed by atoms with Crippen LogP contribution in [0.5, 0.6) is 0 Å².